The van der Waals surface area contributed by atoms with Gasteiger partial charge in [-0.2, -0.15) is 0 Å². The monoisotopic (exact) mass is 488 g/mol. The maximum Gasteiger partial charge on any atom is 0.420 e. The molecule has 186 valence electrons. The Balaban J connectivity index is 1.31. The third kappa shape index (κ3) is 5.16. The Morgan fingerprint density at radius 1 is 1.11 bits per heavy atom. The molecule has 0 spiro atoms. The van der Waals surface area contributed by atoms with Crippen molar-refractivity contribution in [3.63, 3.8) is 0 Å². The highest BCUT2D eigenvalue weighted by Crippen LogP contribution is 2.22. The molecule has 4 aromatic rings. The van der Waals surface area contributed by atoms with Crippen molar-refractivity contribution in [3.05, 3.63) is 76.5 Å². The van der Waals surface area contributed by atoms with Gasteiger partial charge in [0.05, 0.1) is 43.7 Å². The lowest BCUT2D eigenvalue weighted by Gasteiger charge is -2.28. The van der Waals surface area contributed by atoms with Gasteiger partial charge in [0.2, 0.25) is 0 Å². The second kappa shape index (κ2) is 10.3. The van der Waals surface area contributed by atoms with Gasteiger partial charge < -0.3 is 18.8 Å². The van der Waals surface area contributed by atoms with Crippen LogP contribution in [-0.2, 0) is 11.3 Å². The number of aromatic nitrogens is 3. The maximum atomic E-state index is 12.5. The van der Waals surface area contributed by atoms with Crippen molar-refractivity contribution in [2.24, 2.45) is 5.92 Å². The number of hydrogen-bond donors (Lipinski definition) is 0. The van der Waals surface area contributed by atoms with E-state index in [4.69, 9.17) is 13.9 Å². The van der Waals surface area contributed by atoms with E-state index in [-0.39, 0.29) is 6.54 Å². The first kappa shape index (κ1) is 23.7. The van der Waals surface area contributed by atoms with Gasteiger partial charge in [0.1, 0.15) is 0 Å². The standard InChI is InChI=1S/C27H28N4O5/c1-30-10-8-18(9-11-30)17-35-22-14-28-25(29-15-22)20-5-3-4-19(12-20)16-31-23-13-21(26(32)34-2)6-7-24(23)36-27(31)33/h3-7,12-15,18H,8-11,16-17H2,1-2H3. The molecule has 1 aliphatic rings. The lowest BCUT2D eigenvalue weighted by Crippen LogP contribution is -2.32. The molecule has 3 heterocycles. The third-order valence-corrected chi connectivity index (χ3v) is 6.57. The summed E-state index contributed by atoms with van der Waals surface area (Å²) in [5, 5.41) is 0. The molecule has 9 heteroatoms. The Morgan fingerprint density at radius 2 is 1.89 bits per heavy atom. The van der Waals surface area contributed by atoms with Crippen molar-refractivity contribution in [3.8, 4) is 17.1 Å². The molecule has 0 bridgehead atoms. The summed E-state index contributed by atoms with van der Waals surface area (Å²) in [6.07, 6.45) is 5.68. The molecular weight excluding hydrogens is 460 g/mol. The number of carbonyl (C=O) groups is 1. The summed E-state index contributed by atoms with van der Waals surface area (Å²) in [6, 6.07) is 12.4. The normalized spacial score (nSPS) is 14.7. The first-order chi connectivity index (χ1) is 17.5. The van der Waals surface area contributed by atoms with Crippen LogP contribution in [0.3, 0.4) is 0 Å². The Morgan fingerprint density at radius 3 is 2.64 bits per heavy atom. The largest absolute Gasteiger partial charge is 0.490 e. The molecule has 9 nitrogen and oxygen atoms in total. The number of benzene rings is 2. The summed E-state index contributed by atoms with van der Waals surface area (Å²) in [5.74, 6) is 0.811. The summed E-state index contributed by atoms with van der Waals surface area (Å²) < 4.78 is 17.6. The molecule has 1 aliphatic heterocycles. The van der Waals surface area contributed by atoms with Gasteiger partial charge in [-0.3, -0.25) is 4.57 Å². The average molecular weight is 489 g/mol. The Labute approximate surface area is 208 Å². The first-order valence-electron chi connectivity index (χ1n) is 11.9. The summed E-state index contributed by atoms with van der Waals surface area (Å²) in [6.45, 7) is 3.15. The Hall–Kier alpha value is -3.98. The van der Waals surface area contributed by atoms with Gasteiger partial charge in [-0.1, -0.05) is 18.2 Å². The summed E-state index contributed by atoms with van der Waals surface area (Å²) in [4.78, 5) is 35.8. The molecule has 2 aromatic heterocycles. The van der Waals surface area contributed by atoms with Crippen molar-refractivity contribution in [2.45, 2.75) is 19.4 Å². The van der Waals surface area contributed by atoms with E-state index < -0.39 is 11.7 Å². The molecule has 0 radical (unpaired) electrons. The average Bonchev–Trinajstić information content (AvgIpc) is 3.22. The van der Waals surface area contributed by atoms with Gasteiger partial charge in [0, 0.05) is 5.56 Å². The zero-order chi connectivity index (χ0) is 25.1. The predicted molar refractivity (Wildman–Crippen MR) is 134 cm³/mol. The van der Waals surface area contributed by atoms with Crippen molar-refractivity contribution in [1.82, 2.24) is 19.4 Å². The van der Waals surface area contributed by atoms with Crippen LogP contribution in [-0.4, -0.2) is 59.3 Å². The van der Waals surface area contributed by atoms with Gasteiger partial charge in [0.25, 0.3) is 0 Å². The van der Waals surface area contributed by atoms with Crippen LogP contribution >= 0.6 is 0 Å². The minimum absolute atomic E-state index is 0.266. The third-order valence-electron chi connectivity index (χ3n) is 6.57. The molecule has 36 heavy (non-hydrogen) atoms. The van der Waals surface area contributed by atoms with Gasteiger partial charge in [-0.25, -0.2) is 19.6 Å². The Kier molecular flexibility index (Phi) is 6.81. The number of rotatable bonds is 7. The number of ether oxygens (including phenoxy) is 2. The number of carbonyl (C=O) groups excluding carboxylic acids is 1. The number of nitrogens with zero attached hydrogens (tertiary/aromatic N) is 4. The van der Waals surface area contributed by atoms with Gasteiger partial charge >= 0.3 is 11.7 Å². The molecule has 1 fully saturated rings. The summed E-state index contributed by atoms with van der Waals surface area (Å²) in [5.41, 5.74) is 2.97. The highest BCUT2D eigenvalue weighted by Gasteiger charge is 2.18. The fourth-order valence-electron chi connectivity index (χ4n) is 4.43. The molecule has 1 saturated heterocycles. The molecule has 5 rings (SSSR count). The van der Waals surface area contributed by atoms with E-state index in [1.165, 1.54) is 11.7 Å². The number of piperidine rings is 1. The van der Waals surface area contributed by atoms with Crippen molar-refractivity contribution in [1.29, 1.82) is 0 Å². The molecule has 0 saturated carbocycles. The van der Waals surface area contributed by atoms with Crippen LogP contribution < -0.4 is 10.5 Å². The van der Waals surface area contributed by atoms with E-state index in [1.54, 1.807) is 30.6 Å². The van der Waals surface area contributed by atoms with E-state index in [9.17, 15) is 9.59 Å². The predicted octanol–water partition coefficient (Wildman–Crippen LogP) is 3.61. The van der Waals surface area contributed by atoms with Crippen LogP contribution in [0.1, 0.15) is 28.8 Å². The maximum absolute atomic E-state index is 12.5. The summed E-state index contributed by atoms with van der Waals surface area (Å²) >= 11 is 0. The van der Waals surface area contributed by atoms with Crippen LogP contribution in [0.15, 0.2) is 64.1 Å². The quantitative estimate of drug-likeness (QED) is 0.364. The van der Waals surface area contributed by atoms with Crippen LogP contribution in [0, 0.1) is 5.92 Å². The van der Waals surface area contributed by atoms with Crippen molar-refractivity contribution >= 4 is 17.1 Å². The number of oxazole rings is 1. The minimum atomic E-state index is -0.500. The lowest BCUT2D eigenvalue weighted by molar-refractivity contribution is 0.0601. The molecule has 0 unspecified atom stereocenters. The van der Waals surface area contributed by atoms with E-state index in [1.807, 2.05) is 24.3 Å². The first-order valence-corrected chi connectivity index (χ1v) is 11.9. The number of esters is 1. The van der Waals surface area contributed by atoms with Crippen molar-refractivity contribution < 1.29 is 18.7 Å². The molecule has 0 amide bonds. The molecule has 0 aliphatic carbocycles. The second-order valence-corrected chi connectivity index (χ2v) is 9.13. The number of hydrogen-bond acceptors (Lipinski definition) is 8. The smallest absolute Gasteiger partial charge is 0.420 e. The van der Waals surface area contributed by atoms with Gasteiger partial charge in [-0.15, -0.1) is 0 Å². The fourth-order valence-corrected chi connectivity index (χ4v) is 4.43. The fraction of sp³-hybridized carbons (Fsp3) is 0.333. The van der Waals surface area contributed by atoms with Crippen LogP contribution in [0.2, 0.25) is 0 Å². The van der Waals surface area contributed by atoms with Crippen LogP contribution in [0.25, 0.3) is 22.5 Å². The van der Waals surface area contributed by atoms with Gasteiger partial charge in [0.15, 0.2) is 17.2 Å². The molecule has 2 aromatic carbocycles. The minimum Gasteiger partial charge on any atom is -0.490 e. The Bertz CT molecular complexity index is 1420. The van der Waals surface area contributed by atoms with Gasteiger partial charge in [-0.05, 0) is 68.7 Å². The second-order valence-electron chi connectivity index (χ2n) is 9.13. The topological polar surface area (TPSA) is 99.7 Å². The van der Waals surface area contributed by atoms with Crippen molar-refractivity contribution in [2.75, 3.05) is 33.9 Å². The van der Waals surface area contributed by atoms with E-state index in [0.717, 1.165) is 37.1 Å². The zero-order valence-corrected chi connectivity index (χ0v) is 20.3. The summed E-state index contributed by atoms with van der Waals surface area (Å²) in [7, 11) is 3.46. The molecular formula is C27H28N4O5. The number of fused-ring (bicyclic) bond motifs is 1. The highest BCUT2D eigenvalue weighted by molar-refractivity contribution is 5.93. The van der Waals surface area contributed by atoms with Crippen LogP contribution in [0.5, 0.6) is 5.75 Å². The molecule has 0 N–H and O–H groups in total. The van der Waals surface area contributed by atoms with E-state index in [2.05, 4.69) is 21.9 Å². The van der Waals surface area contributed by atoms with E-state index >= 15 is 0 Å². The lowest BCUT2D eigenvalue weighted by atomic mass is 9.98. The highest BCUT2D eigenvalue weighted by atomic mass is 16.5. The SMILES string of the molecule is COC(=O)c1ccc2oc(=O)n(Cc3cccc(-c4ncc(OCC5CCN(C)CC5)cn4)c3)c2c1. The molecule has 0 atom stereocenters. The zero-order valence-electron chi connectivity index (χ0n) is 20.3. The van der Waals surface area contributed by atoms with E-state index in [0.29, 0.717) is 40.8 Å². The number of methoxy groups -OCH3 is 1. The van der Waals surface area contributed by atoms with Crippen LogP contribution in [0.4, 0.5) is 0 Å². The number of likely N-dealkylation sites (tertiary alicyclic amines) is 1.